The Hall–Kier alpha value is -4.46. The van der Waals surface area contributed by atoms with Gasteiger partial charge < -0.3 is 38.6 Å². The first-order valence-electron chi connectivity index (χ1n) is 31.4. The van der Waals surface area contributed by atoms with E-state index < -0.39 is 36.0 Å². The third kappa shape index (κ3) is 45.9. The second-order valence-corrected chi connectivity index (χ2v) is 22.0. The van der Waals surface area contributed by atoms with E-state index in [-0.39, 0.29) is 63.9 Å². The van der Waals surface area contributed by atoms with Crippen LogP contribution < -0.4 is 5.32 Å². The second-order valence-electron chi connectivity index (χ2n) is 22.0. The smallest absolute Gasteiger partial charge is 0.407 e. The number of amides is 1. The van der Waals surface area contributed by atoms with E-state index >= 15 is 0 Å². The predicted molar refractivity (Wildman–Crippen MR) is 317 cm³/mol. The summed E-state index contributed by atoms with van der Waals surface area (Å²) in [5, 5.41) is 2.86. The molecule has 0 aromatic carbocycles. The normalized spacial score (nSPS) is 12.8. The van der Waals surface area contributed by atoms with E-state index in [9.17, 15) is 28.8 Å². The number of ether oxygens (including phenoxy) is 6. The van der Waals surface area contributed by atoms with Crippen LogP contribution in [0, 0.1) is 17.8 Å². The highest BCUT2D eigenvalue weighted by Gasteiger charge is 2.22. The SMILES string of the molecule is C=CCCCCCC(CCCCCC=C)COC(=O)CCCCC(=O)OCC(COC(=O)CCCCC(=O)OCC(CCCCCC=C)CCCCCC=C)COC(=O)CCC(CCCCCC)OC(=O)NCCN1CCCC1. The molecular weight excluding hydrogens is 1000 g/mol. The van der Waals surface area contributed by atoms with E-state index in [0.29, 0.717) is 70.1 Å². The lowest BCUT2D eigenvalue weighted by Gasteiger charge is -2.20. The molecule has 79 heavy (non-hydrogen) atoms. The summed E-state index contributed by atoms with van der Waals surface area (Å²) in [5.74, 6) is -1.97. The number of nitrogens with zero attached hydrogens (tertiary/aromatic N) is 1. The fraction of sp³-hybridized carbons (Fsp3) is 0.785. The maximum atomic E-state index is 13.2. The largest absolute Gasteiger partial charge is 0.465 e. The lowest BCUT2D eigenvalue weighted by atomic mass is 9.95. The van der Waals surface area contributed by atoms with Gasteiger partial charge in [-0.15, -0.1) is 26.3 Å². The van der Waals surface area contributed by atoms with Crippen molar-refractivity contribution < 1.29 is 57.2 Å². The van der Waals surface area contributed by atoms with Gasteiger partial charge in [-0.3, -0.25) is 24.0 Å². The third-order valence-corrected chi connectivity index (χ3v) is 14.7. The molecule has 454 valence electrons. The van der Waals surface area contributed by atoms with E-state index in [1.807, 2.05) is 24.3 Å². The molecule has 1 unspecified atom stereocenters. The Kier molecular flexibility index (Phi) is 48.6. The van der Waals surface area contributed by atoms with Gasteiger partial charge in [-0.1, -0.05) is 102 Å². The Labute approximate surface area is 479 Å². The summed E-state index contributed by atoms with van der Waals surface area (Å²) in [5.41, 5.74) is 0. The van der Waals surface area contributed by atoms with Gasteiger partial charge in [0, 0.05) is 45.2 Å². The van der Waals surface area contributed by atoms with Crippen LogP contribution in [-0.4, -0.2) is 106 Å². The molecule has 0 aromatic heterocycles. The molecule has 1 N–H and O–H groups in total. The molecule has 0 aliphatic carbocycles. The number of likely N-dealkylation sites (tertiary alicyclic amines) is 1. The highest BCUT2D eigenvalue weighted by atomic mass is 16.6. The number of alkyl carbamates (subject to hydrolysis) is 1. The van der Waals surface area contributed by atoms with Gasteiger partial charge in [0.15, 0.2) is 0 Å². The molecule has 1 amide bonds. The fourth-order valence-corrected chi connectivity index (χ4v) is 9.71. The fourth-order valence-electron chi connectivity index (χ4n) is 9.71. The number of carbonyl (C=O) groups excluding carboxylic acids is 6. The van der Waals surface area contributed by atoms with Crippen LogP contribution in [0.25, 0.3) is 0 Å². The van der Waals surface area contributed by atoms with E-state index in [0.717, 1.165) is 174 Å². The van der Waals surface area contributed by atoms with Gasteiger partial charge in [0.05, 0.1) is 19.1 Å². The predicted octanol–water partition coefficient (Wildman–Crippen LogP) is 15.2. The van der Waals surface area contributed by atoms with Gasteiger partial charge >= 0.3 is 35.9 Å². The summed E-state index contributed by atoms with van der Waals surface area (Å²) in [7, 11) is 0. The summed E-state index contributed by atoms with van der Waals surface area (Å²) < 4.78 is 34.1. The molecule has 0 spiro atoms. The number of rotatable bonds is 56. The number of esters is 5. The summed E-state index contributed by atoms with van der Waals surface area (Å²) in [6.45, 7) is 21.1. The summed E-state index contributed by atoms with van der Waals surface area (Å²) in [6.07, 6.45) is 38.1. The first-order chi connectivity index (χ1) is 38.5. The van der Waals surface area contributed by atoms with Crippen LogP contribution in [0.15, 0.2) is 50.6 Å². The third-order valence-electron chi connectivity index (χ3n) is 14.7. The Balaban J connectivity index is 2.76. The first-order valence-corrected chi connectivity index (χ1v) is 31.4. The van der Waals surface area contributed by atoms with Crippen molar-refractivity contribution in [2.24, 2.45) is 17.8 Å². The zero-order valence-electron chi connectivity index (χ0n) is 49.8. The molecule has 1 atom stereocenters. The van der Waals surface area contributed by atoms with Crippen molar-refractivity contribution in [1.29, 1.82) is 0 Å². The van der Waals surface area contributed by atoms with E-state index in [4.69, 9.17) is 28.4 Å². The Morgan fingerprint density at radius 2 is 0.759 bits per heavy atom. The average molecular weight is 1110 g/mol. The minimum absolute atomic E-state index is 0.0103. The average Bonchev–Trinajstić information content (AvgIpc) is 3.97. The maximum absolute atomic E-state index is 13.2. The highest BCUT2D eigenvalue weighted by molar-refractivity contribution is 5.72. The number of unbranched alkanes of at least 4 members (excludes halogenated alkanes) is 17. The molecule has 0 aromatic rings. The topological polar surface area (TPSA) is 173 Å². The van der Waals surface area contributed by atoms with Gasteiger partial charge in [-0.25, -0.2) is 4.79 Å². The van der Waals surface area contributed by atoms with Crippen molar-refractivity contribution in [3.8, 4) is 0 Å². The molecule has 14 heteroatoms. The van der Waals surface area contributed by atoms with E-state index in [2.05, 4.69) is 43.5 Å². The standard InChI is InChI=1S/C65H112N2O12/c1-6-11-16-21-25-36-56(37-26-22-17-12-7-2)51-74-60(68)41-30-32-43-62(70)76-53-58(55-78-64(72)46-45-59(40-29-20-15-10-5)79-65(73)66-47-50-67-48-34-35-49-67)54-77-63(71)44-33-31-42-61(69)75-52-57(38-27-23-18-13-8-3)39-28-24-19-14-9-4/h6-9,56-59H,1-4,10-55H2,5H3,(H,66,73). The Morgan fingerprint density at radius 3 is 1.13 bits per heavy atom. The lowest BCUT2D eigenvalue weighted by Crippen LogP contribution is -2.35. The second kappa shape index (κ2) is 52.9. The van der Waals surface area contributed by atoms with E-state index in [1.165, 1.54) is 12.8 Å². The van der Waals surface area contributed by atoms with Crippen LogP contribution in [0.1, 0.15) is 244 Å². The minimum Gasteiger partial charge on any atom is -0.465 e. The van der Waals surface area contributed by atoms with Gasteiger partial charge in [0.25, 0.3) is 0 Å². The van der Waals surface area contributed by atoms with Crippen molar-refractivity contribution >= 4 is 35.9 Å². The molecule has 1 aliphatic rings. The molecule has 1 rings (SSSR count). The van der Waals surface area contributed by atoms with Crippen molar-refractivity contribution in [2.75, 3.05) is 59.2 Å². The molecule has 14 nitrogen and oxygen atoms in total. The highest BCUT2D eigenvalue weighted by Crippen LogP contribution is 2.22. The molecule has 1 heterocycles. The molecule has 0 radical (unpaired) electrons. The van der Waals surface area contributed by atoms with Gasteiger partial charge in [-0.2, -0.15) is 0 Å². The quantitative estimate of drug-likeness (QED) is 0.0264. The summed E-state index contributed by atoms with van der Waals surface area (Å²) >= 11 is 0. The molecule has 1 fully saturated rings. The lowest BCUT2D eigenvalue weighted by molar-refractivity contribution is -0.154. The van der Waals surface area contributed by atoms with Crippen LogP contribution in [0.4, 0.5) is 4.79 Å². The van der Waals surface area contributed by atoms with Gasteiger partial charge in [-0.05, 0) is 160 Å². The number of hydrogen-bond acceptors (Lipinski definition) is 13. The van der Waals surface area contributed by atoms with Crippen molar-refractivity contribution in [2.45, 2.75) is 251 Å². The number of nitrogens with one attached hydrogen (secondary N) is 1. The van der Waals surface area contributed by atoms with Crippen LogP contribution in [0.2, 0.25) is 0 Å². The van der Waals surface area contributed by atoms with Crippen molar-refractivity contribution in [1.82, 2.24) is 10.2 Å². The molecule has 1 saturated heterocycles. The molecule has 0 saturated carbocycles. The van der Waals surface area contributed by atoms with Gasteiger partial charge in [0.2, 0.25) is 0 Å². The Bertz CT molecular complexity index is 1500. The number of carbonyl (C=O) groups is 6. The van der Waals surface area contributed by atoms with Crippen LogP contribution >= 0.6 is 0 Å². The number of allylic oxidation sites excluding steroid dienone is 4. The molecular formula is C65H112N2O12. The monoisotopic (exact) mass is 1110 g/mol. The van der Waals surface area contributed by atoms with Crippen LogP contribution in [-0.2, 0) is 52.4 Å². The van der Waals surface area contributed by atoms with Crippen LogP contribution in [0.5, 0.6) is 0 Å². The number of hydrogen-bond donors (Lipinski definition) is 1. The maximum Gasteiger partial charge on any atom is 0.407 e. The van der Waals surface area contributed by atoms with Gasteiger partial charge in [0.1, 0.15) is 25.9 Å². The van der Waals surface area contributed by atoms with E-state index in [1.54, 1.807) is 0 Å². The zero-order valence-corrected chi connectivity index (χ0v) is 49.8. The summed E-state index contributed by atoms with van der Waals surface area (Å²) in [6, 6.07) is 0. The van der Waals surface area contributed by atoms with Crippen molar-refractivity contribution in [3.05, 3.63) is 50.6 Å². The summed E-state index contributed by atoms with van der Waals surface area (Å²) in [4.78, 5) is 79.7. The molecule has 1 aliphatic heterocycles. The zero-order chi connectivity index (χ0) is 57.7. The minimum atomic E-state index is -0.641. The first kappa shape index (κ1) is 72.6. The molecule has 0 bridgehead atoms. The van der Waals surface area contributed by atoms with Crippen molar-refractivity contribution in [3.63, 3.8) is 0 Å². The van der Waals surface area contributed by atoms with Crippen LogP contribution in [0.3, 0.4) is 0 Å². The Morgan fingerprint density at radius 1 is 0.418 bits per heavy atom.